The van der Waals surface area contributed by atoms with Gasteiger partial charge < -0.3 is 4.74 Å². The van der Waals surface area contributed by atoms with Gasteiger partial charge in [0, 0.05) is 0 Å². The molecule has 19 heavy (non-hydrogen) atoms. The Balaban J connectivity index is 2.85. The number of esters is 1. The van der Waals surface area contributed by atoms with E-state index in [0.717, 1.165) is 18.4 Å². The lowest BCUT2D eigenvalue weighted by atomic mass is 10.1. The van der Waals surface area contributed by atoms with Crippen LogP contribution in [-0.2, 0) is 26.0 Å². The zero-order valence-electron chi connectivity index (χ0n) is 11.3. The fraction of sp³-hybridized carbons (Fsp3) is 0.462. The SMILES string of the molecule is CCCc1ccc(S(=O)(=O)N[C@H](C)C(=O)OC)cc1. The van der Waals surface area contributed by atoms with Gasteiger partial charge in [-0.1, -0.05) is 25.5 Å². The van der Waals surface area contributed by atoms with Gasteiger partial charge >= 0.3 is 5.97 Å². The summed E-state index contributed by atoms with van der Waals surface area (Å²) in [6.07, 6.45) is 1.91. The second-order valence-corrected chi connectivity index (χ2v) is 5.97. The molecule has 0 aromatic heterocycles. The third-order valence-corrected chi connectivity index (χ3v) is 4.22. The van der Waals surface area contributed by atoms with E-state index in [1.165, 1.54) is 26.2 Å². The highest BCUT2D eigenvalue weighted by molar-refractivity contribution is 7.89. The standard InChI is InChI=1S/C13H19NO4S/c1-4-5-11-6-8-12(9-7-11)19(16,17)14-10(2)13(15)18-3/h6-10,14H,4-5H2,1-3H3/t10-/m1/s1. The summed E-state index contributed by atoms with van der Waals surface area (Å²) >= 11 is 0. The molecule has 0 saturated heterocycles. The minimum atomic E-state index is -3.70. The molecule has 0 aliphatic heterocycles. The molecule has 0 bridgehead atoms. The Labute approximate surface area is 114 Å². The lowest BCUT2D eigenvalue weighted by Crippen LogP contribution is -2.39. The third-order valence-electron chi connectivity index (χ3n) is 2.66. The molecule has 0 radical (unpaired) electrons. The molecule has 1 N–H and O–H groups in total. The van der Waals surface area contributed by atoms with Gasteiger partial charge in [-0.05, 0) is 31.0 Å². The Hall–Kier alpha value is -1.40. The topological polar surface area (TPSA) is 72.5 Å². The number of aryl methyl sites for hydroxylation is 1. The maximum absolute atomic E-state index is 12.0. The molecule has 0 saturated carbocycles. The molecule has 0 amide bonds. The van der Waals surface area contributed by atoms with Crippen molar-refractivity contribution >= 4 is 16.0 Å². The fourth-order valence-corrected chi connectivity index (χ4v) is 2.84. The molecular weight excluding hydrogens is 266 g/mol. The number of rotatable bonds is 6. The normalized spacial score (nSPS) is 13.0. The molecule has 1 aromatic carbocycles. The van der Waals surface area contributed by atoms with Crippen LogP contribution in [0.1, 0.15) is 25.8 Å². The Morgan fingerprint density at radius 2 is 1.89 bits per heavy atom. The Kier molecular flexibility index (Phi) is 5.50. The van der Waals surface area contributed by atoms with Gasteiger partial charge in [0.2, 0.25) is 10.0 Å². The second kappa shape index (κ2) is 6.68. The minimum Gasteiger partial charge on any atom is -0.468 e. The van der Waals surface area contributed by atoms with E-state index in [1.54, 1.807) is 12.1 Å². The third kappa shape index (κ3) is 4.33. The molecule has 0 spiro atoms. The number of carbonyl (C=O) groups is 1. The van der Waals surface area contributed by atoms with Crippen LogP contribution < -0.4 is 4.72 Å². The molecule has 6 heteroatoms. The maximum atomic E-state index is 12.0. The lowest BCUT2D eigenvalue weighted by molar-refractivity contribution is -0.142. The van der Waals surface area contributed by atoms with Gasteiger partial charge in [-0.15, -0.1) is 0 Å². The molecule has 1 aromatic rings. The van der Waals surface area contributed by atoms with Crippen LogP contribution in [0.5, 0.6) is 0 Å². The molecule has 0 aliphatic carbocycles. The van der Waals surface area contributed by atoms with E-state index in [9.17, 15) is 13.2 Å². The van der Waals surface area contributed by atoms with Crippen molar-refractivity contribution < 1.29 is 17.9 Å². The van der Waals surface area contributed by atoms with E-state index in [4.69, 9.17) is 0 Å². The van der Waals surface area contributed by atoms with Gasteiger partial charge in [0.25, 0.3) is 0 Å². The van der Waals surface area contributed by atoms with Crippen molar-refractivity contribution in [3.8, 4) is 0 Å². The largest absolute Gasteiger partial charge is 0.468 e. The van der Waals surface area contributed by atoms with Crippen molar-refractivity contribution in [2.75, 3.05) is 7.11 Å². The number of benzene rings is 1. The van der Waals surface area contributed by atoms with E-state index in [2.05, 4.69) is 16.4 Å². The van der Waals surface area contributed by atoms with Crippen molar-refractivity contribution in [1.82, 2.24) is 4.72 Å². The molecule has 0 heterocycles. The first-order valence-electron chi connectivity index (χ1n) is 6.09. The molecule has 1 atom stereocenters. The molecule has 0 aliphatic rings. The summed E-state index contributed by atoms with van der Waals surface area (Å²) in [4.78, 5) is 11.4. The highest BCUT2D eigenvalue weighted by Crippen LogP contribution is 2.12. The van der Waals surface area contributed by atoms with Crippen molar-refractivity contribution in [2.45, 2.75) is 37.6 Å². The minimum absolute atomic E-state index is 0.142. The highest BCUT2D eigenvalue weighted by Gasteiger charge is 2.22. The first-order valence-corrected chi connectivity index (χ1v) is 7.58. The maximum Gasteiger partial charge on any atom is 0.323 e. The van der Waals surface area contributed by atoms with E-state index in [-0.39, 0.29) is 4.90 Å². The van der Waals surface area contributed by atoms with Crippen LogP contribution in [0.4, 0.5) is 0 Å². The summed E-state index contributed by atoms with van der Waals surface area (Å²) in [6, 6.07) is 5.72. The molecular formula is C13H19NO4S. The number of ether oxygens (including phenoxy) is 1. The van der Waals surface area contributed by atoms with Crippen LogP contribution in [0.3, 0.4) is 0 Å². The predicted octanol–water partition coefficient (Wildman–Crippen LogP) is 1.48. The zero-order chi connectivity index (χ0) is 14.5. The van der Waals surface area contributed by atoms with Gasteiger partial charge in [-0.3, -0.25) is 4.79 Å². The molecule has 106 valence electrons. The molecule has 1 rings (SSSR count). The molecule has 0 fully saturated rings. The summed E-state index contributed by atoms with van der Waals surface area (Å²) in [7, 11) is -2.48. The Morgan fingerprint density at radius 1 is 1.32 bits per heavy atom. The Morgan fingerprint density at radius 3 is 2.37 bits per heavy atom. The number of methoxy groups -OCH3 is 1. The monoisotopic (exact) mass is 285 g/mol. The summed E-state index contributed by atoms with van der Waals surface area (Å²) in [5, 5.41) is 0. The number of nitrogens with one attached hydrogen (secondary N) is 1. The van der Waals surface area contributed by atoms with Crippen LogP contribution in [0, 0.1) is 0 Å². The van der Waals surface area contributed by atoms with Crippen LogP contribution in [0.2, 0.25) is 0 Å². The summed E-state index contributed by atoms with van der Waals surface area (Å²) in [6.45, 7) is 3.50. The van der Waals surface area contributed by atoms with E-state index in [1.807, 2.05) is 0 Å². The highest BCUT2D eigenvalue weighted by atomic mass is 32.2. The second-order valence-electron chi connectivity index (χ2n) is 4.26. The van der Waals surface area contributed by atoms with Crippen molar-refractivity contribution in [3.63, 3.8) is 0 Å². The van der Waals surface area contributed by atoms with E-state index >= 15 is 0 Å². The smallest absolute Gasteiger partial charge is 0.323 e. The number of hydrogen-bond acceptors (Lipinski definition) is 4. The van der Waals surface area contributed by atoms with Gasteiger partial charge in [-0.25, -0.2) is 8.42 Å². The predicted molar refractivity (Wildman–Crippen MR) is 72.2 cm³/mol. The van der Waals surface area contributed by atoms with Crippen LogP contribution in [0.25, 0.3) is 0 Å². The van der Waals surface area contributed by atoms with Gasteiger partial charge in [0.15, 0.2) is 0 Å². The molecule has 0 unspecified atom stereocenters. The first kappa shape index (κ1) is 15.7. The summed E-state index contributed by atoms with van der Waals surface area (Å²) < 4.78 is 30.8. The molecule has 5 nitrogen and oxygen atoms in total. The van der Waals surface area contributed by atoms with Gasteiger partial charge in [0.1, 0.15) is 6.04 Å². The lowest BCUT2D eigenvalue weighted by Gasteiger charge is -2.12. The fourth-order valence-electron chi connectivity index (χ4n) is 1.65. The van der Waals surface area contributed by atoms with Crippen LogP contribution in [-0.4, -0.2) is 27.5 Å². The zero-order valence-corrected chi connectivity index (χ0v) is 12.2. The first-order chi connectivity index (χ1) is 8.90. The quantitative estimate of drug-likeness (QED) is 0.804. The van der Waals surface area contributed by atoms with Crippen molar-refractivity contribution in [3.05, 3.63) is 29.8 Å². The summed E-state index contributed by atoms with van der Waals surface area (Å²) in [5.41, 5.74) is 1.09. The average Bonchev–Trinajstić information content (AvgIpc) is 2.38. The number of sulfonamides is 1. The van der Waals surface area contributed by atoms with Gasteiger partial charge in [0.05, 0.1) is 12.0 Å². The van der Waals surface area contributed by atoms with Gasteiger partial charge in [-0.2, -0.15) is 4.72 Å². The van der Waals surface area contributed by atoms with E-state index < -0.39 is 22.0 Å². The van der Waals surface area contributed by atoms with Crippen LogP contribution in [0.15, 0.2) is 29.2 Å². The number of carbonyl (C=O) groups excluding carboxylic acids is 1. The summed E-state index contributed by atoms with van der Waals surface area (Å²) in [5.74, 6) is -0.619. The number of hydrogen-bond donors (Lipinski definition) is 1. The Bertz CT molecular complexity index is 522. The van der Waals surface area contributed by atoms with E-state index in [0.29, 0.717) is 0 Å². The van der Waals surface area contributed by atoms with Crippen molar-refractivity contribution in [2.24, 2.45) is 0 Å². The van der Waals surface area contributed by atoms with Crippen molar-refractivity contribution in [1.29, 1.82) is 0 Å². The average molecular weight is 285 g/mol. The van der Waals surface area contributed by atoms with Crippen LogP contribution >= 0.6 is 0 Å².